The van der Waals surface area contributed by atoms with Crippen LogP contribution in [0.15, 0.2) is 12.7 Å². The molecule has 2 amide bonds. The van der Waals surface area contributed by atoms with E-state index in [4.69, 9.17) is 0 Å². The number of rotatable bonds is 5. The van der Waals surface area contributed by atoms with Crippen LogP contribution in [0.5, 0.6) is 0 Å². The number of β-amino-alcohol motifs (C(OH)–C–C–N with tert-alkyl or cyclic N) is 1. The Kier molecular flexibility index (Phi) is 5.92. The van der Waals surface area contributed by atoms with E-state index in [1.54, 1.807) is 25.8 Å². The van der Waals surface area contributed by atoms with E-state index in [2.05, 4.69) is 11.5 Å². The predicted molar refractivity (Wildman–Crippen MR) is 81.7 cm³/mol. The number of likely N-dealkylation sites (N-methyl/N-ethyl adjacent to an activating group) is 1. The average Bonchev–Trinajstić information content (AvgIpc) is 2.38. The molecule has 0 aliphatic carbocycles. The van der Waals surface area contributed by atoms with Crippen molar-refractivity contribution in [1.82, 2.24) is 14.7 Å². The minimum absolute atomic E-state index is 0.0533. The third kappa shape index (κ3) is 5.47. The summed E-state index contributed by atoms with van der Waals surface area (Å²) in [5, 5.41) is 9.89. The minimum atomic E-state index is -0.739. The molecule has 0 radical (unpaired) electrons. The van der Waals surface area contributed by atoms with Gasteiger partial charge in [0.2, 0.25) is 11.8 Å². The number of hydrogen-bond donors (Lipinski definition) is 1. The molecule has 6 nitrogen and oxygen atoms in total. The van der Waals surface area contributed by atoms with Gasteiger partial charge >= 0.3 is 0 Å². The standard InChI is InChI=1S/C15H27N3O3/c1-6-13(19)16(5)10-14(20)17-7-8-18(12(2)9-17)11-15(3,4)21/h6,12,21H,1,7-11H2,2-5H3. The van der Waals surface area contributed by atoms with Crippen LogP contribution >= 0.6 is 0 Å². The van der Waals surface area contributed by atoms with Gasteiger partial charge in [0.15, 0.2) is 0 Å². The maximum Gasteiger partial charge on any atom is 0.246 e. The highest BCUT2D eigenvalue weighted by Gasteiger charge is 2.30. The normalized spacial score (nSPS) is 20.2. The van der Waals surface area contributed by atoms with Crippen molar-refractivity contribution in [3.05, 3.63) is 12.7 Å². The van der Waals surface area contributed by atoms with Crippen LogP contribution < -0.4 is 0 Å². The topological polar surface area (TPSA) is 64.1 Å². The first-order valence-electron chi connectivity index (χ1n) is 7.26. The molecule has 1 unspecified atom stereocenters. The second-order valence-corrected chi connectivity index (χ2v) is 6.37. The lowest BCUT2D eigenvalue weighted by Gasteiger charge is -2.42. The molecule has 0 saturated carbocycles. The van der Waals surface area contributed by atoms with Gasteiger partial charge in [0.1, 0.15) is 0 Å². The largest absolute Gasteiger partial charge is 0.389 e. The number of nitrogens with zero attached hydrogens (tertiary/aromatic N) is 3. The summed E-state index contributed by atoms with van der Waals surface area (Å²) in [6, 6.07) is 0.189. The van der Waals surface area contributed by atoms with Crippen molar-refractivity contribution >= 4 is 11.8 Å². The fraction of sp³-hybridized carbons (Fsp3) is 0.733. The summed E-state index contributed by atoms with van der Waals surface area (Å²) in [5.74, 6) is -0.306. The van der Waals surface area contributed by atoms with Crippen molar-refractivity contribution in [2.45, 2.75) is 32.4 Å². The smallest absolute Gasteiger partial charge is 0.246 e. The molecule has 21 heavy (non-hydrogen) atoms. The Morgan fingerprint density at radius 2 is 2.05 bits per heavy atom. The third-order valence-electron chi connectivity index (χ3n) is 3.63. The zero-order valence-electron chi connectivity index (χ0n) is 13.5. The highest BCUT2D eigenvalue weighted by molar-refractivity contribution is 5.90. The van der Waals surface area contributed by atoms with Gasteiger partial charge in [0, 0.05) is 39.3 Å². The Hall–Kier alpha value is -1.40. The van der Waals surface area contributed by atoms with E-state index in [0.29, 0.717) is 19.6 Å². The second-order valence-electron chi connectivity index (χ2n) is 6.37. The lowest BCUT2D eigenvalue weighted by atomic mass is 10.1. The van der Waals surface area contributed by atoms with E-state index in [0.717, 1.165) is 6.54 Å². The SMILES string of the molecule is C=CC(=O)N(C)CC(=O)N1CCN(CC(C)(C)O)C(C)C1. The Morgan fingerprint density at radius 3 is 2.52 bits per heavy atom. The fourth-order valence-electron chi connectivity index (χ4n) is 2.49. The molecule has 0 aromatic rings. The molecule has 1 heterocycles. The molecule has 120 valence electrons. The van der Waals surface area contributed by atoms with Crippen LogP contribution in [0.3, 0.4) is 0 Å². The van der Waals surface area contributed by atoms with Crippen LogP contribution in [0.2, 0.25) is 0 Å². The second kappa shape index (κ2) is 7.04. The highest BCUT2D eigenvalue weighted by Crippen LogP contribution is 2.14. The van der Waals surface area contributed by atoms with E-state index in [1.807, 2.05) is 6.92 Å². The number of hydrogen-bond acceptors (Lipinski definition) is 4. The maximum atomic E-state index is 12.2. The predicted octanol–water partition coefficient (Wildman–Crippen LogP) is -0.0656. The molecular weight excluding hydrogens is 270 g/mol. The summed E-state index contributed by atoms with van der Waals surface area (Å²) in [7, 11) is 1.59. The van der Waals surface area contributed by atoms with Gasteiger partial charge in [-0.05, 0) is 26.8 Å². The Morgan fingerprint density at radius 1 is 1.43 bits per heavy atom. The van der Waals surface area contributed by atoms with E-state index in [-0.39, 0.29) is 24.4 Å². The van der Waals surface area contributed by atoms with Crippen LogP contribution in [0.4, 0.5) is 0 Å². The van der Waals surface area contributed by atoms with Gasteiger partial charge in [-0.2, -0.15) is 0 Å². The first kappa shape index (κ1) is 17.7. The zero-order valence-corrected chi connectivity index (χ0v) is 13.5. The summed E-state index contributed by atoms with van der Waals surface area (Å²) in [6.07, 6.45) is 1.21. The molecule has 1 N–H and O–H groups in total. The molecule has 1 aliphatic heterocycles. The Balaban J connectivity index is 2.52. The Bertz CT molecular complexity index is 403. The number of carbonyl (C=O) groups excluding carboxylic acids is 2. The first-order chi connectivity index (χ1) is 9.64. The van der Waals surface area contributed by atoms with Crippen LogP contribution in [0.25, 0.3) is 0 Å². The molecule has 0 aromatic heterocycles. The average molecular weight is 297 g/mol. The maximum absolute atomic E-state index is 12.2. The van der Waals surface area contributed by atoms with Gasteiger partial charge in [-0.25, -0.2) is 0 Å². The molecule has 1 atom stereocenters. The van der Waals surface area contributed by atoms with Crippen molar-refractivity contribution in [1.29, 1.82) is 0 Å². The highest BCUT2D eigenvalue weighted by atomic mass is 16.3. The minimum Gasteiger partial charge on any atom is -0.389 e. The molecule has 0 bridgehead atoms. The Labute approximate surface area is 127 Å². The van der Waals surface area contributed by atoms with E-state index in [1.165, 1.54) is 11.0 Å². The van der Waals surface area contributed by atoms with Crippen LogP contribution in [-0.4, -0.2) is 83.0 Å². The molecular formula is C15H27N3O3. The monoisotopic (exact) mass is 297 g/mol. The summed E-state index contributed by atoms with van der Waals surface area (Å²) >= 11 is 0. The van der Waals surface area contributed by atoms with Gasteiger partial charge in [0.25, 0.3) is 0 Å². The molecule has 6 heteroatoms. The van der Waals surface area contributed by atoms with Gasteiger partial charge in [-0.1, -0.05) is 6.58 Å². The lowest BCUT2D eigenvalue weighted by molar-refractivity contribution is -0.139. The number of amides is 2. The number of piperazine rings is 1. The van der Waals surface area contributed by atoms with Crippen molar-refractivity contribution < 1.29 is 14.7 Å². The summed E-state index contributed by atoms with van der Waals surface area (Å²) in [6.45, 7) is 11.7. The van der Waals surface area contributed by atoms with Crippen molar-refractivity contribution in [3.63, 3.8) is 0 Å². The van der Waals surface area contributed by atoms with Crippen LogP contribution in [0.1, 0.15) is 20.8 Å². The van der Waals surface area contributed by atoms with E-state index >= 15 is 0 Å². The molecule has 0 spiro atoms. The molecule has 0 aromatic carbocycles. The van der Waals surface area contributed by atoms with Crippen LogP contribution in [-0.2, 0) is 9.59 Å². The number of aliphatic hydroxyl groups is 1. The first-order valence-corrected chi connectivity index (χ1v) is 7.26. The summed E-state index contributed by atoms with van der Waals surface area (Å²) in [4.78, 5) is 28.9. The van der Waals surface area contributed by atoms with E-state index < -0.39 is 5.60 Å². The summed E-state index contributed by atoms with van der Waals surface area (Å²) in [5.41, 5.74) is -0.739. The molecule has 1 saturated heterocycles. The molecule has 1 fully saturated rings. The van der Waals surface area contributed by atoms with Crippen molar-refractivity contribution in [2.75, 3.05) is 39.8 Å². The fourth-order valence-corrected chi connectivity index (χ4v) is 2.49. The zero-order chi connectivity index (χ0) is 16.2. The van der Waals surface area contributed by atoms with Gasteiger partial charge in [-0.15, -0.1) is 0 Å². The van der Waals surface area contributed by atoms with Gasteiger partial charge < -0.3 is 14.9 Å². The molecule has 1 rings (SSSR count). The van der Waals surface area contributed by atoms with Crippen molar-refractivity contribution in [3.8, 4) is 0 Å². The quantitative estimate of drug-likeness (QED) is 0.722. The van der Waals surface area contributed by atoms with E-state index in [9.17, 15) is 14.7 Å². The summed E-state index contributed by atoms with van der Waals surface area (Å²) < 4.78 is 0. The third-order valence-corrected chi connectivity index (χ3v) is 3.63. The van der Waals surface area contributed by atoms with Gasteiger partial charge in [0.05, 0.1) is 12.1 Å². The lowest BCUT2D eigenvalue weighted by Crippen LogP contribution is -2.57. The van der Waals surface area contributed by atoms with Crippen molar-refractivity contribution in [2.24, 2.45) is 0 Å². The number of carbonyl (C=O) groups is 2. The van der Waals surface area contributed by atoms with Crippen LogP contribution in [0, 0.1) is 0 Å². The van der Waals surface area contributed by atoms with Gasteiger partial charge in [-0.3, -0.25) is 14.5 Å². The molecule has 1 aliphatic rings.